The predicted octanol–water partition coefficient (Wildman–Crippen LogP) is 2.79. The second kappa shape index (κ2) is 8.16. The van der Waals surface area contributed by atoms with Crippen LogP contribution in [0.1, 0.15) is 18.9 Å². The molecule has 3 nitrogen and oxygen atoms in total. The van der Waals surface area contributed by atoms with Crippen molar-refractivity contribution in [2.75, 3.05) is 26.5 Å². The minimum Gasteiger partial charge on any atom is -0.469 e. The monoisotopic (exact) mass is 267 g/mol. The lowest BCUT2D eigenvalue weighted by molar-refractivity contribution is -0.140. The maximum atomic E-state index is 11.0. The molecule has 0 aliphatic carbocycles. The van der Waals surface area contributed by atoms with Crippen molar-refractivity contribution in [3.8, 4) is 0 Å². The van der Waals surface area contributed by atoms with E-state index >= 15 is 0 Å². The summed E-state index contributed by atoms with van der Waals surface area (Å²) in [5.74, 6) is 0.940. The van der Waals surface area contributed by atoms with Gasteiger partial charge in [0, 0.05) is 18.0 Å². The summed E-state index contributed by atoms with van der Waals surface area (Å²) >= 11 is 1.85. The van der Waals surface area contributed by atoms with Gasteiger partial charge in [0.05, 0.1) is 13.5 Å². The summed E-state index contributed by atoms with van der Waals surface area (Å²) in [7, 11) is 3.43. The Balaban J connectivity index is 2.39. The topological polar surface area (TPSA) is 29.5 Å². The molecule has 100 valence electrons. The number of hydrogen-bond acceptors (Lipinski definition) is 4. The molecule has 0 fully saturated rings. The van der Waals surface area contributed by atoms with Gasteiger partial charge >= 0.3 is 5.97 Å². The summed E-state index contributed by atoms with van der Waals surface area (Å²) in [5, 5.41) is 0. The molecule has 18 heavy (non-hydrogen) atoms. The molecule has 0 aliphatic rings. The van der Waals surface area contributed by atoms with E-state index in [9.17, 15) is 4.79 Å². The molecule has 1 aromatic rings. The summed E-state index contributed by atoms with van der Waals surface area (Å²) in [6.07, 6.45) is 0.441. The van der Waals surface area contributed by atoms with Crippen LogP contribution in [-0.2, 0) is 16.1 Å². The third-order valence-electron chi connectivity index (χ3n) is 2.61. The number of benzene rings is 1. The summed E-state index contributed by atoms with van der Waals surface area (Å²) in [4.78, 5) is 14.5. The third kappa shape index (κ3) is 5.56. The first-order valence-electron chi connectivity index (χ1n) is 6.12. The summed E-state index contributed by atoms with van der Waals surface area (Å²) in [6, 6.07) is 8.59. The number of methoxy groups -OCH3 is 1. The van der Waals surface area contributed by atoms with Crippen LogP contribution in [0.2, 0.25) is 0 Å². The number of esters is 1. The van der Waals surface area contributed by atoms with Crippen molar-refractivity contribution in [1.82, 2.24) is 4.90 Å². The van der Waals surface area contributed by atoms with Gasteiger partial charge in [-0.3, -0.25) is 4.79 Å². The highest BCUT2D eigenvalue weighted by molar-refractivity contribution is 7.99. The van der Waals surface area contributed by atoms with Gasteiger partial charge in [0.25, 0.3) is 0 Å². The van der Waals surface area contributed by atoms with E-state index in [-0.39, 0.29) is 5.97 Å². The maximum absolute atomic E-state index is 11.0. The van der Waals surface area contributed by atoms with E-state index in [1.807, 2.05) is 18.8 Å². The molecule has 0 heterocycles. The van der Waals surface area contributed by atoms with Crippen LogP contribution < -0.4 is 0 Å². The first-order valence-corrected chi connectivity index (χ1v) is 7.11. The Labute approximate surface area is 114 Å². The zero-order valence-corrected chi connectivity index (χ0v) is 12.1. The van der Waals surface area contributed by atoms with E-state index in [0.717, 1.165) is 18.8 Å². The van der Waals surface area contributed by atoms with E-state index in [2.05, 4.69) is 40.8 Å². The largest absolute Gasteiger partial charge is 0.469 e. The van der Waals surface area contributed by atoms with Crippen molar-refractivity contribution in [2.45, 2.75) is 24.8 Å². The van der Waals surface area contributed by atoms with Gasteiger partial charge in [0.2, 0.25) is 0 Å². The van der Waals surface area contributed by atoms with Crippen LogP contribution in [0, 0.1) is 0 Å². The Hall–Kier alpha value is -1.00. The van der Waals surface area contributed by atoms with Gasteiger partial charge < -0.3 is 9.64 Å². The van der Waals surface area contributed by atoms with Gasteiger partial charge in [0.1, 0.15) is 0 Å². The number of ether oxygens (including phenoxy) is 1. The molecule has 0 aliphatic heterocycles. The van der Waals surface area contributed by atoms with E-state index in [4.69, 9.17) is 0 Å². The van der Waals surface area contributed by atoms with Crippen molar-refractivity contribution in [2.24, 2.45) is 0 Å². The van der Waals surface area contributed by atoms with Gasteiger partial charge in [-0.05, 0) is 30.5 Å². The molecule has 1 aromatic carbocycles. The standard InChI is InChI=1S/C14H21NO2S/c1-4-18-13-7-5-12(6-8-13)11-15(2)10-9-14(16)17-3/h5-8H,4,9-11H2,1-3H3. The van der Waals surface area contributed by atoms with Crippen molar-refractivity contribution in [3.63, 3.8) is 0 Å². The molecular formula is C14H21NO2S. The number of thioether (sulfide) groups is 1. The molecule has 0 bridgehead atoms. The van der Waals surface area contributed by atoms with Crippen LogP contribution in [0.3, 0.4) is 0 Å². The van der Waals surface area contributed by atoms with Gasteiger partial charge in [-0.15, -0.1) is 11.8 Å². The number of nitrogens with zero attached hydrogens (tertiary/aromatic N) is 1. The highest BCUT2D eigenvalue weighted by Gasteiger charge is 2.05. The van der Waals surface area contributed by atoms with Gasteiger partial charge in [-0.25, -0.2) is 0 Å². The van der Waals surface area contributed by atoms with Crippen LogP contribution in [-0.4, -0.2) is 37.3 Å². The lowest BCUT2D eigenvalue weighted by Gasteiger charge is -2.16. The Morgan fingerprint density at radius 3 is 2.56 bits per heavy atom. The molecule has 0 radical (unpaired) electrons. The van der Waals surface area contributed by atoms with E-state index in [0.29, 0.717) is 6.42 Å². The normalized spacial score (nSPS) is 10.7. The fourth-order valence-corrected chi connectivity index (χ4v) is 2.29. The van der Waals surface area contributed by atoms with E-state index in [1.54, 1.807) is 0 Å². The highest BCUT2D eigenvalue weighted by atomic mass is 32.2. The molecule has 0 spiro atoms. The van der Waals surface area contributed by atoms with Crippen LogP contribution >= 0.6 is 11.8 Å². The Kier molecular flexibility index (Phi) is 6.83. The highest BCUT2D eigenvalue weighted by Crippen LogP contribution is 2.18. The minimum atomic E-state index is -0.156. The molecule has 0 saturated heterocycles. The molecular weight excluding hydrogens is 246 g/mol. The zero-order valence-electron chi connectivity index (χ0n) is 11.3. The van der Waals surface area contributed by atoms with Gasteiger partial charge in [0.15, 0.2) is 0 Å². The van der Waals surface area contributed by atoms with Gasteiger partial charge in [-0.1, -0.05) is 19.1 Å². The maximum Gasteiger partial charge on any atom is 0.306 e. The lowest BCUT2D eigenvalue weighted by atomic mass is 10.2. The Morgan fingerprint density at radius 2 is 2.00 bits per heavy atom. The molecule has 1 rings (SSSR count). The summed E-state index contributed by atoms with van der Waals surface area (Å²) in [5.41, 5.74) is 1.27. The van der Waals surface area contributed by atoms with Crippen LogP contribution in [0.4, 0.5) is 0 Å². The Bertz CT molecular complexity index is 365. The van der Waals surface area contributed by atoms with Crippen molar-refractivity contribution >= 4 is 17.7 Å². The minimum absolute atomic E-state index is 0.156. The fourth-order valence-electron chi connectivity index (χ4n) is 1.63. The molecule has 0 unspecified atom stereocenters. The Morgan fingerprint density at radius 1 is 1.33 bits per heavy atom. The number of carbonyl (C=O) groups is 1. The molecule has 0 aromatic heterocycles. The average molecular weight is 267 g/mol. The second-order valence-corrected chi connectivity index (χ2v) is 5.48. The van der Waals surface area contributed by atoms with Crippen LogP contribution in [0.5, 0.6) is 0 Å². The van der Waals surface area contributed by atoms with Crippen molar-refractivity contribution < 1.29 is 9.53 Å². The van der Waals surface area contributed by atoms with Crippen molar-refractivity contribution in [1.29, 1.82) is 0 Å². The SMILES string of the molecule is CCSc1ccc(CN(C)CCC(=O)OC)cc1. The molecule has 0 N–H and O–H groups in total. The number of carbonyl (C=O) groups excluding carboxylic acids is 1. The van der Waals surface area contributed by atoms with Crippen LogP contribution in [0.25, 0.3) is 0 Å². The molecule has 4 heteroatoms. The summed E-state index contributed by atoms with van der Waals surface area (Å²) < 4.78 is 4.63. The van der Waals surface area contributed by atoms with E-state index in [1.165, 1.54) is 17.6 Å². The third-order valence-corrected chi connectivity index (χ3v) is 3.51. The molecule has 0 atom stereocenters. The average Bonchev–Trinajstić information content (AvgIpc) is 2.38. The van der Waals surface area contributed by atoms with Gasteiger partial charge in [-0.2, -0.15) is 0 Å². The first-order chi connectivity index (χ1) is 8.65. The fraction of sp³-hybridized carbons (Fsp3) is 0.500. The van der Waals surface area contributed by atoms with Crippen molar-refractivity contribution in [3.05, 3.63) is 29.8 Å². The quantitative estimate of drug-likeness (QED) is 0.561. The van der Waals surface area contributed by atoms with Crippen LogP contribution in [0.15, 0.2) is 29.2 Å². The summed E-state index contributed by atoms with van der Waals surface area (Å²) in [6.45, 7) is 3.73. The smallest absolute Gasteiger partial charge is 0.306 e. The second-order valence-electron chi connectivity index (χ2n) is 4.14. The number of hydrogen-bond donors (Lipinski definition) is 0. The number of rotatable bonds is 7. The zero-order chi connectivity index (χ0) is 13.4. The van der Waals surface area contributed by atoms with E-state index < -0.39 is 0 Å². The predicted molar refractivity (Wildman–Crippen MR) is 75.8 cm³/mol. The lowest BCUT2D eigenvalue weighted by Crippen LogP contribution is -2.21. The first kappa shape index (κ1) is 15.1. The molecule has 0 saturated carbocycles. The molecule has 0 amide bonds.